The van der Waals surface area contributed by atoms with Gasteiger partial charge < -0.3 is 9.64 Å². The summed E-state index contributed by atoms with van der Waals surface area (Å²) in [4.78, 5) is 28.2. The minimum atomic E-state index is -0.256. The molecule has 0 aliphatic carbocycles. The Hall–Kier alpha value is -1.43. The van der Waals surface area contributed by atoms with Gasteiger partial charge in [0.2, 0.25) is 0 Å². The van der Waals surface area contributed by atoms with Crippen molar-refractivity contribution in [3.8, 4) is 0 Å². The number of ether oxygens (including phenoxy) is 1. The van der Waals surface area contributed by atoms with E-state index in [0.717, 1.165) is 30.3 Å². The number of hydrogen-bond acceptors (Lipinski definition) is 5. The van der Waals surface area contributed by atoms with Gasteiger partial charge in [0.05, 0.1) is 12.2 Å². The number of carbonyl (C=O) groups is 2. The first-order valence-corrected chi connectivity index (χ1v) is 6.88. The first-order chi connectivity index (χ1) is 9.10. The van der Waals surface area contributed by atoms with E-state index in [4.69, 9.17) is 4.74 Å². The third kappa shape index (κ3) is 3.53. The van der Waals surface area contributed by atoms with E-state index in [2.05, 4.69) is 25.8 Å². The first-order valence-electron chi connectivity index (χ1n) is 6.09. The normalized spacial score (nSPS) is 18.4. The van der Waals surface area contributed by atoms with E-state index < -0.39 is 0 Å². The SMILES string of the molecule is CC(=O)OCC1CCN(c2ncc(Br)cc2C=O)C1. The summed E-state index contributed by atoms with van der Waals surface area (Å²) in [5, 5.41) is 0. The molecule has 2 heterocycles. The molecule has 19 heavy (non-hydrogen) atoms. The second kappa shape index (κ2) is 6.14. The second-order valence-electron chi connectivity index (χ2n) is 4.59. The van der Waals surface area contributed by atoms with E-state index in [9.17, 15) is 9.59 Å². The zero-order valence-electron chi connectivity index (χ0n) is 10.6. The maximum Gasteiger partial charge on any atom is 0.302 e. The van der Waals surface area contributed by atoms with Crippen molar-refractivity contribution in [1.82, 2.24) is 4.98 Å². The predicted octanol–water partition coefficient (Wildman–Crippen LogP) is 2.05. The molecule has 1 aliphatic rings. The molecule has 1 saturated heterocycles. The fourth-order valence-corrected chi connectivity index (χ4v) is 2.54. The number of hydrogen-bond donors (Lipinski definition) is 0. The Morgan fingerprint density at radius 2 is 2.47 bits per heavy atom. The molecule has 0 saturated carbocycles. The van der Waals surface area contributed by atoms with Crippen LogP contribution in [0.4, 0.5) is 5.82 Å². The van der Waals surface area contributed by atoms with Crippen molar-refractivity contribution >= 4 is 34.0 Å². The highest BCUT2D eigenvalue weighted by molar-refractivity contribution is 9.10. The number of pyridine rings is 1. The summed E-state index contributed by atoms with van der Waals surface area (Å²) in [5.41, 5.74) is 0.572. The van der Waals surface area contributed by atoms with Gasteiger partial charge in [-0.15, -0.1) is 0 Å². The number of carbonyl (C=O) groups excluding carboxylic acids is 2. The average molecular weight is 327 g/mol. The minimum absolute atomic E-state index is 0.256. The lowest BCUT2D eigenvalue weighted by atomic mass is 10.1. The molecule has 0 amide bonds. The van der Waals surface area contributed by atoms with Gasteiger partial charge in [0.1, 0.15) is 5.82 Å². The second-order valence-corrected chi connectivity index (χ2v) is 5.50. The van der Waals surface area contributed by atoms with E-state index in [-0.39, 0.29) is 5.97 Å². The highest BCUT2D eigenvalue weighted by Gasteiger charge is 2.25. The van der Waals surface area contributed by atoms with Crippen molar-refractivity contribution < 1.29 is 14.3 Å². The standard InChI is InChI=1S/C13H15BrN2O3/c1-9(18)19-8-10-2-3-16(6-10)13-11(7-17)4-12(14)5-15-13/h4-5,7,10H,2-3,6,8H2,1H3. The van der Waals surface area contributed by atoms with Crippen LogP contribution in [0.1, 0.15) is 23.7 Å². The molecule has 0 aromatic carbocycles. The zero-order chi connectivity index (χ0) is 13.8. The first kappa shape index (κ1) is 14.0. The number of aldehydes is 1. The smallest absolute Gasteiger partial charge is 0.302 e. The van der Waals surface area contributed by atoms with Crippen molar-refractivity contribution in [3.63, 3.8) is 0 Å². The maximum absolute atomic E-state index is 11.1. The Morgan fingerprint density at radius 1 is 1.68 bits per heavy atom. The van der Waals surface area contributed by atoms with E-state index in [1.54, 1.807) is 12.3 Å². The van der Waals surface area contributed by atoms with Crippen LogP contribution in [0, 0.1) is 5.92 Å². The molecule has 0 bridgehead atoms. The Morgan fingerprint density at radius 3 is 3.16 bits per heavy atom. The van der Waals surface area contributed by atoms with Crippen LogP contribution in [0.25, 0.3) is 0 Å². The molecule has 1 aromatic heterocycles. The highest BCUT2D eigenvalue weighted by atomic mass is 79.9. The predicted molar refractivity (Wildman–Crippen MR) is 74.3 cm³/mol. The van der Waals surface area contributed by atoms with Crippen LogP contribution in [0.3, 0.4) is 0 Å². The largest absolute Gasteiger partial charge is 0.466 e. The Balaban J connectivity index is 2.04. The number of aromatic nitrogens is 1. The quantitative estimate of drug-likeness (QED) is 0.626. The van der Waals surface area contributed by atoms with Crippen molar-refractivity contribution in [2.45, 2.75) is 13.3 Å². The lowest BCUT2D eigenvalue weighted by Crippen LogP contribution is -2.23. The van der Waals surface area contributed by atoms with Crippen molar-refractivity contribution in [2.75, 3.05) is 24.6 Å². The summed E-state index contributed by atoms with van der Waals surface area (Å²) in [6.07, 6.45) is 3.43. The van der Waals surface area contributed by atoms with Crippen LogP contribution < -0.4 is 4.90 Å². The lowest BCUT2D eigenvalue weighted by Gasteiger charge is -2.19. The number of rotatable bonds is 4. The van der Waals surface area contributed by atoms with Gasteiger partial charge in [0.25, 0.3) is 0 Å². The molecule has 102 valence electrons. The summed E-state index contributed by atoms with van der Waals surface area (Å²) >= 11 is 3.30. The fourth-order valence-electron chi connectivity index (χ4n) is 2.19. The summed E-state index contributed by atoms with van der Waals surface area (Å²) in [6.45, 7) is 3.41. The molecule has 1 aliphatic heterocycles. The maximum atomic E-state index is 11.1. The van der Waals surface area contributed by atoms with E-state index in [1.807, 2.05) is 0 Å². The third-order valence-corrected chi connectivity index (χ3v) is 3.53. The Bertz CT molecular complexity index is 493. The molecule has 5 nitrogen and oxygen atoms in total. The molecule has 0 radical (unpaired) electrons. The monoisotopic (exact) mass is 326 g/mol. The molecule has 6 heteroatoms. The fraction of sp³-hybridized carbons (Fsp3) is 0.462. The number of anilines is 1. The van der Waals surface area contributed by atoms with E-state index >= 15 is 0 Å². The summed E-state index contributed by atoms with van der Waals surface area (Å²) in [7, 11) is 0. The molecular weight excluding hydrogens is 312 g/mol. The lowest BCUT2D eigenvalue weighted by molar-refractivity contribution is -0.142. The van der Waals surface area contributed by atoms with Crippen LogP contribution in [0.2, 0.25) is 0 Å². The average Bonchev–Trinajstić information content (AvgIpc) is 2.84. The zero-order valence-corrected chi connectivity index (χ0v) is 12.2. The number of halogens is 1. The molecule has 1 atom stereocenters. The van der Waals surface area contributed by atoms with Crippen LogP contribution in [0.15, 0.2) is 16.7 Å². The number of nitrogens with zero attached hydrogens (tertiary/aromatic N) is 2. The number of esters is 1. The Kier molecular flexibility index (Phi) is 4.52. The molecule has 0 spiro atoms. The summed E-state index contributed by atoms with van der Waals surface area (Å²) < 4.78 is 5.81. The van der Waals surface area contributed by atoms with Gasteiger partial charge >= 0.3 is 5.97 Å². The topological polar surface area (TPSA) is 59.5 Å². The minimum Gasteiger partial charge on any atom is -0.466 e. The molecule has 1 fully saturated rings. The van der Waals surface area contributed by atoms with Gasteiger partial charge in [0, 0.05) is 36.6 Å². The molecule has 1 unspecified atom stereocenters. The van der Waals surface area contributed by atoms with Gasteiger partial charge in [-0.3, -0.25) is 9.59 Å². The Labute approximate surface area is 120 Å². The molecule has 1 aromatic rings. The van der Waals surface area contributed by atoms with Gasteiger partial charge in [0.15, 0.2) is 6.29 Å². The van der Waals surface area contributed by atoms with Gasteiger partial charge in [-0.05, 0) is 28.4 Å². The molecule has 0 N–H and O–H groups in total. The van der Waals surface area contributed by atoms with Crippen molar-refractivity contribution in [3.05, 3.63) is 22.3 Å². The van der Waals surface area contributed by atoms with E-state index in [0.29, 0.717) is 23.9 Å². The van der Waals surface area contributed by atoms with Crippen molar-refractivity contribution in [1.29, 1.82) is 0 Å². The van der Waals surface area contributed by atoms with E-state index in [1.165, 1.54) is 6.92 Å². The van der Waals surface area contributed by atoms with Crippen LogP contribution in [-0.2, 0) is 9.53 Å². The summed E-state index contributed by atoms with van der Waals surface area (Å²) in [5.74, 6) is 0.742. The van der Waals surface area contributed by atoms with Gasteiger partial charge in [-0.2, -0.15) is 0 Å². The van der Waals surface area contributed by atoms with Crippen LogP contribution in [-0.4, -0.2) is 36.9 Å². The van der Waals surface area contributed by atoms with Crippen LogP contribution >= 0.6 is 15.9 Å². The van der Waals surface area contributed by atoms with Gasteiger partial charge in [-0.1, -0.05) is 0 Å². The third-order valence-electron chi connectivity index (χ3n) is 3.10. The molecular formula is C13H15BrN2O3. The summed E-state index contributed by atoms with van der Waals surface area (Å²) in [6, 6.07) is 1.76. The van der Waals surface area contributed by atoms with Crippen LogP contribution in [0.5, 0.6) is 0 Å². The van der Waals surface area contributed by atoms with Gasteiger partial charge in [-0.25, -0.2) is 4.98 Å². The highest BCUT2D eigenvalue weighted by Crippen LogP contribution is 2.26. The molecule has 2 rings (SSSR count). The van der Waals surface area contributed by atoms with Crippen molar-refractivity contribution in [2.24, 2.45) is 5.92 Å².